The summed E-state index contributed by atoms with van der Waals surface area (Å²) in [4.78, 5) is 27.4. The molecule has 2 heterocycles. The van der Waals surface area contributed by atoms with Crippen molar-refractivity contribution < 1.29 is 33.0 Å². The van der Waals surface area contributed by atoms with Crippen LogP contribution >= 0.6 is 11.6 Å². The zero-order valence-electron chi connectivity index (χ0n) is 26.9. The Morgan fingerprint density at radius 2 is 1.70 bits per heavy atom. The van der Waals surface area contributed by atoms with Crippen molar-refractivity contribution in [3.63, 3.8) is 0 Å². The molecule has 0 bridgehead atoms. The van der Waals surface area contributed by atoms with Gasteiger partial charge in [-0.25, -0.2) is 0 Å². The molecule has 0 saturated carbocycles. The lowest BCUT2D eigenvalue weighted by Crippen LogP contribution is -2.28. The van der Waals surface area contributed by atoms with E-state index in [0.29, 0.717) is 67.2 Å². The van der Waals surface area contributed by atoms with Crippen molar-refractivity contribution in [2.45, 2.75) is 26.4 Å². The van der Waals surface area contributed by atoms with E-state index in [1.807, 2.05) is 67.5 Å². The number of amides is 1. The molecule has 0 saturated heterocycles. The number of hydrogen-bond donors (Lipinski definition) is 1. The molecule has 47 heavy (non-hydrogen) atoms. The lowest BCUT2D eigenvalue weighted by molar-refractivity contribution is -0.131. The van der Waals surface area contributed by atoms with Gasteiger partial charge in [0, 0.05) is 79.1 Å². The molecule has 1 N–H and O–H groups in total. The Labute approximate surface area is 279 Å². The van der Waals surface area contributed by atoms with Gasteiger partial charge in [0.2, 0.25) is 0 Å². The first-order valence-corrected chi connectivity index (χ1v) is 16.0. The van der Waals surface area contributed by atoms with E-state index < -0.39 is 5.97 Å². The number of carbonyl (C=O) groups excluding carboxylic acids is 2. The minimum Gasteiger partial charge on any atom is -0.464 e. The molecule has 5 rings (SSSR count). The van der Waals surface area contributed by atoms with E-state index in [1.54, 1.807) is 18.2 Å². The summed E-state index contributed by atoms with van der Waals surface area (Å²) in [6, 6.07) is 20.5. The van der Waals surface area contributed by atoms with Crippen molar-refractivity contribution in [1.82, 2.24) is 5.32 Å². The van der Waals surface area contributed by atoms with Gasteiger partial charge in [0.25, 0.3) is 5.91 Å². The quantitative estimate of drug-likeness (QED) is 0.0712. The van der Waals surface area contributed by atoms with E-state index in [1.165, 1.54) is 6.92 Å². The predicted molar refractivity (Wildman–Crippen MR) is 182 cm³/mol. The van der Waals surface area contributed by atoms with Crippen molar-refractivity contribution in [3.05, 3.63) is 105 Å². The maximum Gasteiger partial charge on any atom is 0.308 e. The number of nitrogens with one attached hydrogen (secondary N) is 1. The predicted octanol–water partition coefficient (Wildman–Crippen LogP) is 5.17. The minimum atomic E-state index is -0.468. The number of ether oxygens (including phenoxy) is 4. The van der Waals surface area contributed by atoms with Gasteiger partial charge in [-0.2, -0.15) is 0 Å². The summed E-state index contributed by atoms with van der Waals surface area (Å²) in [5, 5.41) is 4.49. The SMILES string of the molecule is C=c1ccc2c(c1)Oc1cc(N(C)C)ccc1C=2c1cc(C(=O)NCCOCCOCc2ccc(CCCCl)o2)ccc1OC(C)=O. The van der Waals surface area contributed by atoms with Gasteiger partial charge in [-0.15, -0.1) is 11.6 Å². The molecule has 0 aliphatic carbocycles. The number of nitrogens with zero attached hydrogens (tertiary/aromatic N) is 1. The van der Waals surface area contributed by atoms with Crippen molar-refractivity contribution >= 4 is 41.3 Å². The zero-order valence-corrected chi connectivity index (χ0v) is 27.7. The monoisotopic (exact) mass is 658 g/mol. The van der Waals surface area contributed by atoms with Gasteiger partial charge in [-0.05, 0) is 60.2 Å². The molecule has 9 nitrogen and oxygen atoms in total. The van der Waals surface area contributed by atoms with E-state index in [-0.39, 0.29) is 5.91 Å². The van der Waals surface area contributed by atoms with E-state index in [2.05, 4.69) is 11.9 Å². The first-order valence-electron chi connectivity index (χ1n) is 15.5. The van der Waals surface area contributed by atoms with E-state index >= 15 is 0 Å². The highest BCUT2D eigenvalue weighted by Crippen LogP contribution is 2.41. The maximum atomic E-state index is 13.3. The Balaban J connectivity index is 1.27. The molecule has 1 aliphatic rings. The molecule has 0 atom stereocenters. The minimum absolute atomic E-state index is 0.285. The van der Waals surface area contributed by atoms with Crippen LogP contribution in [0, 0.1) is 0 Å². The number of alkyl halides is 1. The standard InChI is InChI=1S/C37H39ClN2O7/c1-24-7-12-30-34(20-24)47-35-22-27(40(3)4)9-13-31(35)36(30)32-21-26(8-14-33(32)45-25(2)41)37(42)39-16-17-43-18-19-44-23-29-11-10-28(46-29)6-5-15-38/h7-14,20-22H,1,5-6,15-19,23H2,2-4H3,(H,39,42). The number of anilines is 1. The number of furan rings is 1. The average molecular weight is 659 g/mol. The second kappa shape index (κ2) is 15.8. The highest BCUT2D eigenvalue weighted by molar-refractivity contribution is 6.17. The fourth-order valence-electron chi connectivity index (χ4n) is 5.21. The van der Waals surface area contributed by atoms with Crippen LogP contribution in [0.2, 0.25) is 0 Å². The summed E-state index contributed by atoms with van der Waals surface area (Å²) >= 11 is 5.74. The lowest BCUT2D eigenvalue weighted by atomic mass is 9.90. The van der Waals surface area contributed by atoms with Crippen LogP contribution in [-0.4, -0.2) is 58.2 Å². The van der Waals surface area contributed by atoms with E-state index in [9.17, 15) is 9.59 Å². The number of hydrogen-bond acceptors (Lipinski definition) is 8. The number of carbonyl (C=O) groups is 2. The fourth-order valence-corrected chi connectivity index (χ4v) is 5.34. The summed E-state index contributed by atoms with van der Waals surface area (Å²) in [5.41, 5.74) is 3.54. The summed E-state index contributed by atoms with van der Waals surface area (Å²) in [6.45, 7) is 7.15. The van der Waals surface area contributed by atoms with Crippen LogP contribution in [0.1, 0.15) is 46.3 Å². The molecule has 10 heteroatoms. The molecule has 4 aromatic rings. The smallest absolute Gasteiger partial charge is 0.308 e. The normalized spacial score (nSPS) is 11.8. The summed E-state index contributed by atoms with van der Waals surface area (Å²) in [5.74, 6) is 3.11. The van der Waals surface area contributed by atoms with Crippen LogP contribution < -0.4 is 30.1 Å². The maximum absolute atomic E-state index is 13.3. The topological polar surface area (TPSA) is 99.5 Å². The number of rotatable bonds is 15. The van der Waals surface area contributed by atoms with Gasteiger partial charge in [0.05, 0.1) is 19.8 Å². The summed E-state index contributed by atoms with van der Waals surface area (Å²) < 4.78 is 29.0. The number of esters is 1. The molecule has 246 valence electrons. The molecule has 0 fully saturated rings. The van der Waals surface area contributed by atoms with E-state index in [4.69, 9.17) is 35.0 Å². The molecule has 0 radical (unpaired) electrons. The van der Waals surface area contributed by atoms with Crippen molar-refractivity contribution in [1.29, 1.82) is 0 Å². The Morgan fingerprint density at radius 1 is 0.894 bits per heavy atom. The third-order valence-corrected chi connectivity index (χ3v) is 7.74. The number of fused-ring (bicyclic) bond motifs is 2. The molecule has 1 amide bonds. The second-order valence-corrected chi connectivity index (χ2v) is 11.6. The molecular weight excluding hydrogens is 620 g/mol. The fraction of sp³-hybridized carbons (Fsp3) is 0.297. The van der Waals surface area contributed by atoms with Gasteiger partial charge in [0.1, 0.15) is 35.4 Å². The Bertz CT molecular complexity index is 1850. The summed E-state index contributed by atoms with van der Waals surface area (Å²) in [6.07, 6.45) is 1.68. The van der Waals surface area contributed by atoms with Gasteiger partial charge in [-0.3, -0.25) is 9.59 Å². The van der Waals surface area contributed by atoms with Crippen LogP contribution in [0.3, 0.4) is 0 Å². The Hall–Kier alpha value is -4.57. The van der Waals surface area contributed by atoms with Crippen LogP contribution in [-0.2, 0) is 27.3 Å². The molecule has 1 aliphatic heterocycles. The molecule has 1 aromatic heterocycles. The summed E-state index contributed by atoms with van der Waals surface area (Å²) in [7, 11) is 3.92. The average Bonchev–Trinajstić information content (AvgIpc) is 3.51. The first-order chi connectivity index (χ1) is 22.7. The highest BCUT2D eigenvalue weighted by atomic mass is 35.5. The second-order valence-electron chi connectivity index (χ2n) is 11.3. The van der Waals surface area contributed by atoms with Crippen molar-refractivity contribution in [2.24, 2.45) is 0 Å². The molecular formula is C37H39ClN2O7. The highest BCUT2D eigenvalue weighted by Gasteiger charge is 2.25. The van der Waals surface area contributed by atoms with E-state index in [0.717, 1.165) is 51.6 Å². The first kappa shape index (κ1) is 33.8. The lowest BCUT2D eigenvalue weighted by Gasteiger charge is -2.24. The van der Waals surface area contributed by atoms with Crippen molar-refractivity contribution in [3.8, 4) is 17.2 Å². The number of aryl methyl sites for hydroxylation is 1. The number of halogens is 1. The third-order valence-electron chi connectivity index (χ3n) is 7.47. The van der Waals surface area contributed by atoms with Gasteiger partial charge in [-0.1, -0.05) is 18.7 Å². The number of benzene rings is 3. The van der Waals surface area contributed by atoms with Crippen LogP contribution in [0.4, 0.5) is 5.69 Å². The molecule has 0 spiro atoms. The van der Waals surface area contributed by atoms with Gasteiger partial charge < -0.3 is 33.6 Å². The van der Waals surface area contributed by atoms with Crippen LogP contribution in [0.25, 0.3) is 12.2 Å². The van der Waals surface area contributed by atoms with Gasteiger partial charge in [0.15, 0.2) is 0 Å². The zero-order chi connectivity index (χ0) is 33.3. The molecule has 3 aromatic carbocycles. The van der Waals surface area contributed by atoms with Crippen LogP contribution in [0.5, 0.6) is 17.2 Å². The van der Waals surface area contributed by atoms with Crippen LogP contribution in [0.15, 0.2) is 71.1 Å². The van der Waals surface area contributed by atoms with Gasteiger partial charge >= 0.3 is 5.97 Å². The molecule has 0 unspecified atom stereocenters. The Morgan fingerprint density at radius 3 is 2.49 bits per heavy atom. The van der Waals surface area contributed by atoms with Crippen molar-refractivity contribution in [2.75, 3.05) is 51.2 Å². The largest absolute Gasteiger partial charge is 0.464 e. The third kappa shape index (κ3) is 8.62. The Kier molecular flexibility index (Phi) is 11.4.